The van der Waals surface area contributed by atoms with Crippen LogP contribution in [0, 0.1) is 0 Å². The third-order valence-electron chi connectivity index (χ3n) is 0.238. The first kappa shape index (κ1) is 16.0. The van der Waals surface area contributed by atoms with Crippen molar-refractivity contribution in [2.45, 2.75) is 0 Å². The molecule has 0 unspecified atom stereocenters. The van der Waals surface area contributed by atoms with Gasteiger partial charge in [0.2, 0.25) is 0 Å². The minimum absolute atomic E-state index is 0. The third kappa shape index (κ3) is 15.7. The average molecular weight is 124 g/mol. The van der Waals surface area contributed by atoms with Crippen molar-refractivity contribution in [2.75, 3.05) is 0 Å². The zero-order valence-electron chi connectivity index (χ0n) is 3.03. The van der Waals surface area contributed by atoms with Crippen molar-refractivity contribution >= 4 is 45.3 Å². The molecule has 0 heterocycles. The van der Waals surface area contributed by atoms with Crippen LogP contribution in [0.1, 0.15) is 0 Å². The molecule has 0 rings (SSSR count). The van der Waals surface area contributed by atoms with Gasteiger partial charge in [0, 0.05) is 5.82 Å². The van der Waals surface area contributed by atoms with Crippen molar-refractivity contribution in [3.8, 4) is 0 Å². The van der Waals surface area contributed by atoms with Gasteiger partial charge < -0.3 is 9.79 Å². The molecule has 0 spiro atoms. The van der Waals surface area contributed by atoms with Crippen molar-refractivity contribution in [2.24, 2.45) is 0 Å². The van der Waals surface area contributed by atoms with Crippen LogP contribution in [-0.2, 0) is 4.57 Å². The first-order chi connectivity index (χ1) is 2.56. The van der Waals surface area contributed by atoms with Crippen LogP contribution in [0.5, 0.6) is 0 Å². The van der Waals surface area contributed by atoms with E-state index in [1.165, 1.54) is 0 Å². The predicted molar refractivity (Wildman–Crippen MR) is 36.5 cm³/mol. The first-order valence-corrected chi connectivity index (χ1v) is 2.93. The average Bonchev–Trinajstić information content (AvgIpc) is 1.35. The Kier molecular flexibility index (Phi) is 12.4. The first-order valence-electron chi connectivity index (χ1n) is 1.25. The fourth-order valence-electron chi connectivity index (χ4n) is 0. The fourth-order valence-corrected chi connectivity index (χ4v) is 0. The molecule has 0 fully saturated rings. The molecule has 0 radical (unpaired) electrons. The van der Waals surface area contributed by atoms with E-state index >= 15 is 0 Å². The second kappa shape index (κ2) is 6.21. The van der Waals surface area contributed by atoms with Crippen molar-refractivity contribution in [3.63, 3.8) is 0 Å². The standard InChI is InChI=1S/C2H5O3P.2Li.2H/c1-2-6(3,4)5;;;;/h2H,1H2,(H2,3,4,5);;;;. The van der Waals surface area contributed by atoms with Crippen LogP contribution in [0.25, 0.3) is 0 Å². The van der Waals surface area contributed by atoms with Gasteiger partial charge in [-0.2, -0.15) is 0 Å². The summed E-state index contributed by atoms with van der Waals surface area (Å²) in [5.74, 6) is 0.604. The number of rotatable bonds is 1. The molecule has 0 aliphatic carbocycles. The Hall–Kier alpha value is 1.08. The summed E-state index contributed by atoms with van der Waals surface area (Å²) < 4.78 is 9.58. The Morgan fingerprint density at radius 3 is 1.50 bits per heavy atom. The molecule has 0 amide bonds. The quantitative estimate of drug-likeness (QED) is 0.348. The summed E-state index contributed by atoms with van der Waals surface area (Å²) in [5, 5.41) is 0. The summed E-state index contributed by atoms with van der Waals surface area (Å²) in [5.41, 5.74) is 0. The van der Waals surface area contributed by atoms with E-state index in [1.54, 1.807) is 0 Å². The molecular formula is C2H7Li2O3P. The Morgan fingerprint density at radius 1 is 1.38 bits per heavy atom. The Labute approximate surface area is 72.1 Å². The number of hydrogen-bond donors (Lipinski definition) is 2. The SMILES string of the molecule is C=CP(=O)(O)O.[LiH].[LiH]. The van der Waals surface area contributed by atoms with Gasteiger partial charge >= 0.3 is 45.3 Å². The third-order valence-corrected chi connectivity index (χ3v) is 0.714. The summed E-state index contributed by atoms with van der Waals surface area (Å²) in [6, 6.07) is 0. The maximum absolute atomic E-state index is 9.58. The Balaban J connectivity index is -0.000000125. The molecular weight excluding hydrogens is 117 g/mol. The Bertz CT molecular complexity index is 97.5. The van der Waals surface area contributed by atoms with E-state index in [1.807, 2.05) is 0 Å². The van der Waals surface area contributed by atoms with Gasteiger partial charge in [0.15, 0.2) is 0 Å². The van der Waals surface area contributed by atoms with E-state index < -0.39 is 7.60 Å². The molecule has 0 saturated heterocycles. The van der Waals surface area contributed by atoms with Gasteiger partial charge in [-0.15, -0.1) is 0 Å². The van der Waals surface area contributed by atoms with Gasteiger partial charge in [-0.3, -0.25) is 4.57 Å². The fraction of sp³-hybridized carbons (Fsp3) is 0. The van der Waals surface area contributed by atoms with E-state index in [9.17, 15) is 4.57 Å². The molecule has 0 aliphatic rings. The molecule has 0 aromatic heterocycles. The minimum atomic E-state index is -3.88. The molecule has 0 saturated carbocycles. The van der Waals surface area contributed by atoms with E-state index in [0.29, 0.717) is 5.82 Å². The predicted octanol–water partition coefficient (Wildman–Crippen LogP) is -0.989. The topological polar surface area (TPSA) is 57.5 Å². The normalized spacial score (nSPS) is 8.25. The second-order valence-electron chi connectivity index (χ2n) is 0.772. The molecule has 3 nitrogen and oxygen atoms in total. The van der Waals surface area contributed by atoms with Crippen LogP contribution in [0.2, 0.25) is 0 Å². The van der Waals surface area contributed by atoms with Crippen molar-refractivity contribution < 1.29 is 14.4 Å². The van der Waals surface area contributed by atoms with Crippen LogP contribution in [0.3, 0.4) is 0 Å². The van der Waals surface area contributed by atoms with E-state index in [0.717, 1.165) is 0 Å². The zero-order chi connectivity index (χ0) is 5.21. The maximum atomic E-state index is 9.58. The van der Waals surface area contributed by atoms with Crippen molar-refractivity contribution in [3.05, 3.63) is 12.4 Å². The summed E-state index contributed by atoms with van der Waals surface area (Å²) in [7, 11) is -3.88. The van der Waals surface area contributed by atoms with Gasteiger partial charge in [-0.05, 0) is 0 Å². The Morgan fingerprint density at radius 2 is 1.50 bits per heavy atom. The van der Waals surface area contributed by atoms with Gasteiger partial charge in [0.25, 0.3) is 0 Å². The monoisotopic (exact) mass is 124 g/mol. The zero-order valence-corrected chi connectivity index (χ0v) is 3.93. The van der Waals surface area contributed by atoms with Gasteiger partial charge in [-0.1, -0.05) is 6.58 Å². The second-order valence-corrected chi connectivity index (χ2v) is 2.31. The summed E-state index contributed by atoms with van der Waals surface area (Å²) in [6.45, 7) is 2.87. The van der Waals surface area contributed by atoms with Crippen LogP contribution < -0.4 is 0 Å². The van der Waals surface area contributed by atoms with Gasteiger partial charge in [0.1, 0.15) is 0 Å². The molecule has 8 heavy (non-hydrogen) atoms. The molecule has 0 atom stereocenters. The summed E-state index contributed by atoms with van der Waals surface area (Å²) in [4.78, 5) is 15.6. The molecule has 6 heteroatoms. The van der Waals surface area contributed by atoms with Crippen molar-refractivity contribution in [1.82, 2.24) is 0 Å². The van der Waals surface area contributed by atoms with E-state index in [2.05, 4.69) is 6.58 Å². The molecule has 0 aliphatic heterocycles. The summed E-state index contributed by atoms with van der Waals surface area (Å²) >= 11 is 0. The van der Waals surface area contributed by atoms with Crippen LogP contribution >= 0.6 is 7.60 Å². The molecule has 2 N–H and O–H groups in total. The number of hydrogen-bond acceptors (Lipinski definition) is 1. The van der Waals surface area contributed by atoms with Crippen LogP contribution in [0.15, 0.2) is 12.4 Å². The van der Waals surface area contributed by atoms with Gasteiger partial charge in [0.05, 0.1) is 0 Å². The molecule has 0 aromatic rings. The molecule has 40 valence electrons. The molecule has 0 aromatic carbocycles. The van der Waals surface area contributed by atoms with E-state index in [-0.39, 0.29) is 37.7 Å². The molecule has 0 bridgehead atoms. The van der Waals surface area contributed by atoms with E-state index in [4.69, 9.17) is 9.79 Å². The summed E-state index contributed by atoms with van der Waals surface area (Å²) in [6.07, 6.45) is 0. The van der Waals surface area contributed by atoms with Crippen LogP contribution in [-0.4, -0.2) is 47.5 Å². The van der Waals surface area contributed by atoms with Crippen LogP contribution in [0.4, 0.5) is 0 Å². The van der Waals surface area contributed by atoms with Crippen molar-refractivity contribution in [1.29, 1.82) is 0 Å². The van der Waals surface area contributed by atoms with Gasteiger partial charge in [-0.25, -0.2) is 0 Å².